The molecule has 0 spiro atoms. The number of pyridine rings is 2. The summed E-state index contributed by atoms with van der Waals surface area (Å²) in [6, 6.07) is 12.2. The number of hydrogen-bond donors (Lipinski definition) is 1. The maximum Gasteiger partial charge on any atom is 0.333 e. The summed E-state index contributed by atoms with van der Waals surface area (Å²) in [5.74, 6) is 0.362. The number of halogens is 1. The van der Waals surface area contributed by atoms with E-state index in [9.17, 15) is 22.4 Å². The Morgan fingerprint density at radius 2 is 1.88 bits per heavy atom. The summed E-state index contributed by atoms with van der Waals surface area (Å²) in [5, 5.41) is 11.2. The minimum absolute atomic E-state index is 0.0562. The molecule has 0 unspecified atom stereocenters. The van der Waals surface area contributed by atoms with Crippen LogP contribution in [0, 0.1) is 11.3 Å². The zero-order valence-electron chi connectivity index (χ0n) is 22.8. The zero-order chi connectivity index (χ0) is 29.1. The van der Waals surface area contributed by atoms with Crippen LogP contribution in [0.4, 0.5) is 3.89 Å². The summed E-state index contributed by atoms with van der Waals surface area (Å²) in [7, 11) is -2.91. The Kier molecular flexibility index (Phi) is 6.55. The Morgan fingerprint density at radius 1 is 1.12 bits per heavy atom. The third kappa shape index (κ3) is 4.73. The molecule has 0 radical (unpaired) electrons. The van der Waals surface area contributed by atoms with Gasteiger partial charge in [0.05, 0.1) is 34.0 Å². The zero-order valence-corrected chi connectivity index (χ0v) is 23.6. The maximum absolute atomic E-state index is 14.2. The lowest BCUT2D eigenvalue weighted by molar-refractivity contribution is 0.226. The SMILES string of the molecule is CC(C)Oc1cc2c(=O)c3c4ccc(C#N)cc4[nH]c3n(C3CCN(C)CC3)c2cc1-c1cncc(S(=O)(=O)F)c1. The van der Waals surface area contributed by atoms with Gasteiger partial charge in [0.25, 0.3) is 0 Å². The van der Waals surface area contributed by atoms with Crippen molar-refractivity contribution in [2.24, 2.45) is 0 Å². The lowest BCUT2D eigenvalue weighted by Crippen LogP contribution is -2.32. The van der Waals surface area contributed by atoms with Crippen molar-refractivity contribution in [3.05, 3.63) is 64.6 Å². The Morgan fingerprint density at radius 3 is 2.56 bits per heavy atom. The van der Waals surface area contributed by atoms with Gasteiger partial charge in [-0.05, 0) is 77.2 Å². The van der Waals surface area contributed by atoms with Crippen LogP contribution in [0.3, 0.4) is 0 Å². The lowest BCUT2D eigenvalue weighted by Gasteiger charge is -2.32. The number of fused-ring (bicyclic) bond motifs is 4. The van der Waals surface area contributed by atoms with E-state index >= 15 is 0 Å². The molecule has 1 saturated heterocycles. The third-order valence-corrected chi connectivity index (χ3v) is 8.49. The fraction of sp³-hybridized carbons (Fsp3) is 0.300. The second-order valence-corrected chi connectivity index (χ2v) is 12.2. The first-order valence-corrected chi connectivity index (χ1v) is 14.8. The van der Waals surface area contributed by atoms with Crippen LogP contribution < -0.4 is 10.2 Å². The number of hydrogen-bond acceptors (Lipinski definition) is 7. The highest BCUT2D eigenvalue weighted by molar-refractivity contribution is 7.86. The van der Waals surface area contributed by atoms with Crippen LogP contribution in [0.15, 0.2) is 58.5 Å². The number of aromatic nitrogens is 3. The van der Waals surface area contributed by atoms with Crippen molar-refractivity contribution >= 4 is 43.1 Å². The van der Waals surface area contributed by atoms with E-state index in [1.807, 2.05) is 19.9 Å². The normalized spacial score (nSPS) is 15.2. The van der Waals surface area contributed by atoms with Crippen LogP contribution in [-0.4, -0.2) is 54.1 Å². The van der Waals surface area contributed by atoms with Gasteiger partial charge in [-0.15, -0.1) is 3.89 Å². The first-order valence-electron chi connectivity index (χ1n) is 13.4. The van der Waals surface area contributed by atoms with E-state index in [1.54, 1.807) is 24.3 Å². The van der Waals surface area contributed by atoms with Gasteiger partial charge in [-0.25, -0.2) is 0 Å². The Balaban J connectivity index is 1.74. The van der Waals surface area contributed by atoms with Crippen LogP contribution in [-0.2, 0) is 10.2 Å². The Hall–Kier alpha value is -4.27. The minimum Gasteiger partial charge on any atom is -0.490 e. The molecule has 9 nitrogen and oxygen atoms in total. The fourth-order valence-electron chi connectivity index (χ4n) is 5.78. The summed E-state index contributed by atoms with van der Waals surface area (Å²) in [6.07, 6.45) is 3.84. The number of piperidine rings is 1. The summed E-state index contributed by atoms with van der Waals surface area (Å²) < 4.78 is 45.6. The number of aromatic amines is 1. The lowest BCUT2D eigenvalue weighted by atomic mass is 9.99. The highest BCUT2D eigenvalue weighted by Gasteiger charge is 2.26. The van der Waals surface area contributed by atoms with E-state index in [2.05, 4.69) is 32.6 Å². The number of ether oxygens (including phenoxy) is 1. The summed E-state index contributed by atoms with van der Waals surface area (Å²) in [5.41, 5.74) is 3.13. The van der Waals surface area contributed by atoms with Gasteiger partial charge < -0.3 is 19.2 Å². The Labute approximate surface area is 236 Å². The molecule has 1 fully saturated rings. The number of nitriles is 1. The van der Waals surface area contributed by atoms with E-state index in [-0.39, 0.29) is 17.6 Å². The molecule has 1 aliphatic heterocycles. The van der Waals surface area contributed by atoms with Gasteiger partial charge in [-0.1, -0.05) is 6.07 Å². The molecular formula is C30H28FN5O4S. The molecule has 11 heteroatoms. The topological polar surface area (TPSA) is 121 Å². The molecular weight excluding hydrogens is 545 g/mol. The van der Waals surface area contributed by atoms with Crippen molar-refractivity contribution in [3.8, 4) is 22.9 Å². The van der Waals surface area contributed by atoms with Gasteiger partial charge in [0, 0.05) is 40.5 Å². The second-order valence-electron chi connectivity index (χ2n) is 10.8. The third-order valence-electron chi connectivity index (χ3n) is 7.70. The molecule has 0 saturated carbocycles. The van der Waals surface area contributed by atoms with Gasteiger partial charge in [0.1, 0.15) is 16.3 Å². The smallest absolute Gasteiger partial charge is 0.333 e. The molecule has 0 atom stereocenters. The number of nitrogens with zero attached hydrogens (tertiary/aromatic N) is 4. The van der Waals surface area contributed by atoms with Crippen molar-refractivity contribution in [3.63, 3.8) is 0 Å². The molecule has 0 amide bonds. The first-order chi connectivity index (χ1) is 19.5. The average molecular weight is 574 g/mol. The fourth-order valence-corrected chi connectivity index (χ4v) is 6.23. The number of likely N-dealkylation sites (tertiary alicyclic amines) is 1. The molecule has 1 aliphatic rings. The molecule has 0 aliphatic carbocycles. The van der Waals surface area contributed by atoms with Crippen LogP contribution in [0.2, 0.25) is 0 Å². The molecule has 5 aromatic rings. The van der Waals surface area contributed by atoms with Gasteiger partial charge in [-0.3, -0.25) is 9.78 Å². The van der Waals surface area contributed by atoms with Gasteiger partial charge in [-0.2, -0.15) is 13.7 Å². The second kappa shape index (κ2) is 9.98. The van der Waals surface area contributed by atoms with E-state index < -0.39 is 15.1 Å². The minimum atomic E-state index is -4.99. The maximum atomic E-state index is 14.2. The van der Waals surface area contributed by atoms with Crippen LogP contribution in [0.1, 0.15) is 38.3 Å². The van der Waals surface area contributed by atoms with Gasteiger partial charge in [0.15, 0.2) is 5.43 Å². The molecule has 4 heterocycles. The van der Waals surface area contributed by atoms with Crippen LogP contribution in [0.25, 0.3) is 44.0 Å². The predicted octanol–water partition coefficient (Wildman–Crippen LogP) is 5.28. The average Bonchev–Trinajstić information content (AvgIpc) is 3.32. The van der Waals surface area contributed by atoms with Gasteiger partial charge >= 0.3 is 10.2 Å². The molecule has 0 bridgehead atoms. The van der Waals surface area contributed by atoms with Gasteiger partial charge in [0.2, 0.25) is 0 Å². The largest absolute Gasteiger partial charge is 0.490 e. The van der Waals surface area contributed by atoms with Crippen molar-refractivity contribution < 1.29 is 17.0 Å². The summed E-state index contributed by atoms with van der Waals surface area (Å²) in [4.78, 5) is 23.3. The van der Waals surface area contributed by atoms with Crippen molar-refractivity contribution in [1.29, 1.82) is 5.26 Å². The standard InChI is InChI=1S/C30H28FN5O4S/c1-17(2)40-27-13-24-26(12-23(27)19-11-21(16-33-15-19)41(31,38)39)36(20-6-8-35(3)9-7-20)30-28(29(24)37)22-5-4-18(14-32)10-25(22)34-30/h4-5,10-13,15-17,20,34H,6-9H2,1-3H3. The molecule has 3 aromatic heterocycles. The predicted molar refractivity (Wildman–Crippen MR) is 155 cm³/mol. The van der Waals surface area contributed by atoms with E-state index in [0.29, 0.717) is 49.9 Å². The van der Waals surface area contributed by atoms with Crippen molar-refractivity contribution in [2.75, 3.05) is 20.1 Å². The van der Waals surface area contributed by atoms with Crippen LogP contribution in [0.5, 0.6) is 5.75 Å². The number of rotatable bonds is 5. The summed E-state index contributed by atoms with van der Waals surface area (Å²) in [6.45, 7) is 5.45. The molecule has 1 N–H and O–H groups in total. The molecule has 2 aromatic carbocycles. The van der Waals surface area contributed by atoms with Crippen molar-refractivity contribution in [1.82, 2.24) is 19.4 Å². The summed E-state index contributed by atoms with van der Waals surface area (Å²) >= 11 is 0. The van der Waals surface area contributed by atoms with E-state index in [1.165, 1.54) is 12.3 Å². The first kappa shape index (κ1) is 26.9. The Bertz CT molecular complexity index is 2050. The monoisotopic (exact) mass is 573 g/mol. The number of benzene rings is 2. The molecule has 41 heavy (non-hydrogen) atoms. The number of H-pyrrole nitrogens is 1. The van der Waals surface area contributed by atoms with E-state index in [4.69, 9.17) is 4.74 Å². The van der Waals surface area contributed by atoms with Crippen molar-refractivity contribution in [2.45, 2.75) is 43.7 Å². The highest BCUT2D eigenvalue weighted by Crippen LogP contribution is 2.39. The van der Waals surface area contributed by atoms with Crippen LogP contribution >= 0.6 is 0 Å². The highest BCUT2D eigenvalue weighted by atomic mass is 32.3. The molecule has 210 valence electrons. The number of nitrogens with one attached hydrogen (secondary N) is 1. The quantitative estimate of drug-likeness (QED) is 0.284. The van der Waals surface area contributed by atoms with E-state index in [0.717, 1.165) is 37.5 Å². The molecule has 6 rings (SSSR count).